The third-order valence-corrected chi connectivity index (χ3v) is 6.50. The molecule has 32 heavy (non-hydrogen) atoms. The molecule has 1 N–H and O–H groups in total. The van der Waals surface area contributed by atoms with Gasteiger partial charge in [-0.15, -0.1) is 0 Å². The van der Waals surface area contributed by atoms with Gasteiger partial charge in [0.1, 0.15) is 6.17 Å². The molecule has 0 fully saturated rings. The number of nitrogens with zero attached hydrogens (tertiary/aromatic N) is 3. The molecule has 1 aliphatic heterocycles. The molecule has 0 bridgehead atoms. The van der Waals surface area contributed by atoms with Crippen molar-refractivity contribution < 1.29 is 14.3 Å². The van der Waals surface area contributed by atoms with E-state index in [0.29, 0.717) is 0 Å². The molecular weight excluding hydrogens is 409 g/mol. The second-order valence-corrected chi connectivity index (χ2v) is 8.58. The maximum Gasteiger partial charge on any atom is 0.276 e. The van der Waals surface area contributed by atoms with Crippen molar-refractivity contribution in [1.29, 1.82) is 0 Å². The largest absolute Gasteiger partial charge is 0.502 e. The Morgan fingerprint density at radius 1 is 1.06 bits per heavy atom. The number of aryl methyl sites for hydroxylation is 2. The number of aromatic hydroxyl groups is 1. The van der Waals surface area contributed by atoms with E-state index in [-0.39, 0.29) is 24.7 Å². The maximum absolute atomic E-state index is 14.0. The number of rotatable bonds is 3. The van der Waals surface area contributed by atoms with Crippen LogP contribution in [0.2, 0.25) is 0 Å². The number of amides is 1. The van der Waals surface area contributed by atoms with E-state index in [0.717, 1.165) is 30.2 Å². The van der Waals surface area contributed by atoms with Crippen molar-refractivity contribution in [2.24, 2.45) is 0 Å². The standard InChI is InChI=1S/C25H24FN3O3/c1-15(26)13-28-14-20(29-23(25(28)32)24(31)21(30)12-27-29)22-18-8-4-2-6-16(18)10-11-17-7-3-5-9-19(17)22/h2-9,12,15,20,22,31H,10-11,13-14H2,1H3. The van der Waals surface area contributed by atoms with Crippen LogP contribution in [0.25, 0.3) is 0 Å². The first kappa shape index (κ1) is 20.4. The number of carbonyl (C=O) groups excluding carboxylic acids is 1. The van der Waals surface area contributed by atoms with Crippen LogP contribution in [0.4, 0.5) is 4.39 Å². The van der Waals surface area contributed by atoms with Crippen LogP contribution in [0.15, 0.2) is 59.5 Å². The Morgan fingerprint density at radius 3 is 2.25 bits per heavy atom. The van der Waals surface area contributed by atoms with Gasteiger partial charge in [-0.1, -0.05) is 48.5 Å². The Bertz CT molecular complexity index is 1210. The first-order valence-corrected chi connectivity index (χ1v) is 10.9. The number of hydrogen-bond acceptors (Lipinski definition) is 4. The zero-order valence-electron chi connectivity index (χ0n) is 17.7. The topological polar surface area (TPSA) is 75.4 Å². The third kappa shape index (κ3) is 3.28. The molecule has 0 spiro atoms. The van der Waals surface area contributed by atoms with E-state index in [1.54, 1.807) is 0 Å². The van der Waals surface area contributed by atoms with Crippen LogP contribution in [0.3, 0.4) is 0 Å². The van der Waals surface area contributed by atoms with Gasteiger partial charge in [0.15, 0.2) is 11.4 Å². The molecule has 2 unspecified atom stereocenters. The summed E-state index contributed by atoms with van der Waals surface area (Å²) in [5.41, 5.74) is 3.77. The molecule has 2 heterocycles. The second-order valence-electron chi connectivity index (χ2n) is 8.58. The molecule has 1 aliphatic carbocycles. The first-order chi connectivity index (χ1) is 15.5. The Hall–Kier alpha value is -3.48. The normalized spacial score (nSPS) is 19.0. The highest BCUT2D eigenvalue weighted by atomic mass is 19.1. The molecular formula is C25H24FN3O3. The van der Waals surface area contributed by atoms with Crippen molar-refractivity contribution in [3.63, 3.8) is 0 Å². The van der Waals surface area contributed by atoms with Gasteiger partial charge < -0.3 is 10.0 Å². The lowest BCUT2D eigenvalue weighted by Gasteiger charge is -2.39. The minimum Gasteiger partial charge on any atom is -0.502 e. The van der Waals surface area contributed by atoms with Gasteiger partial charge in [-0.3, -0.25) is 14.3 Å². The van der Waals surface area contributed by atoms with E-state index in [2.05, 4.69) is 29.4 Å². The molecule has 2 aromatic carbocycles. The van der Waals surface area contributed by atoms with Gasteiger partial charge in [-0.25, -0.2) is 4.39 Å². The monoisotopic (exact) mass is 433 g/mol. The number of halogens is 1. The lowest BCUT2D eigenvalue weighted by atomic mass is 9.81. The number of aromatic nitrogens is 2. The number of benzene rings is 2. The van der Waals surface area contributed by atoms with E-state index in [1.165, 1.54) is 27.6 Å². The summed E-state index contributed by atoms with van der Waals surface area (Å²) >= 11 is 0. The first-order valence-electron chi connectivity index (χ1n) is 10.9. The van der Waals surface area contributed by atoms with Crippen molar-refractivity contribution >= 4 is 5.91 Å². The Balaban J connectivity index is 1.76. The number of alkyl halides is 1. The Kier molecular flexibility index (Phi) is 5.04. The summed E-state index contributed by atoms with van der Waals surface area (Å²) in [5, 5.41) is 14.8. The molecule has 0 saturated carbocycles. The van der Waals surface area contributed by atoms with Crippen LogP contribution < -0.4 is 5.43 Å². The van der Waals surface area contributed by atoms with Crippen molar-refractivity contribution in [2.75, 3.05) is 13.1 Å². The van der Waals surface area contributed by atoms with E-state index in [1.807, 2.05) is 24.3 Å². The highest BCUT2D eigenvalue weighted by Crippen LogP contribution is 2.43. The van der Waals surface area contributed by atoms with Gasteiger partial charge in [0.25, 0.3) is 5.91 Å². The van der Waals surface area contributed by atoms with Gasteiger partial charge in [0, 0.05) is 12.5 Å². The quantitative estimate of drug-likeness (QED) is 0.688. The lowest BCUT2D eigenvalue weighted by molar-refractivity contribution is 0.0585. The smallest absolute Gasteiger partial charge is 0.276 e. The van der Waals surface area contributed by atoms with Gasteiger partial charge in [-0.05, 0) is 42.0 Å². The minimum absolute atomic E-state index is 0.117. The summed E-state index contributed by atoms with van der Waals surface area (Å²) in [4.78, 5) is 26.6. The van der Waals surface area contributed by atoms with Gasteiger partial charge in [0.2, 0.25) is 5.43 Å². The van der Waals surface area contributed by atoms with E-state index in [4.69, 9.17) is 0 Å². The summed E-state index contributed by atoms with van der Waals surface area (Å²) in [6.07, 6.45) is 1.57. The van der Waals surface area contributed by atoms with Gasteiger partial charge >= 0.3 is 0 Å². The fraction of sp³-hybridized carbons (Fsp3) is 0.320. The fourth-order valence-corrected chi connectivity index (χ4v) is 5.13. The molecule has 164 valence electrons. The van der Waals surface area contributed by atoms with Crippen LogP contribution in [-0.2, 0) is 12.8 Å². The highest BCUT2D eigenvalue weighted by Gasteiger charge is 2.41. The van der Waals surface area contributed by atoms with Crippen molar-refractivity contribution in [3.8, 4) is 5.75 Å². The van der Waals surface area contributed by atoms with E-state index < -0.39 is 29.3 Å². The van der Waals surface area contributed by atoms with E-state index in [9.17, 15) is 19.1 Å². The van der Waals surface area contributed by atoms with Gasteiger partial charge in [0.05, 0.1) is 18.8 Å². The molecule has 2 atom stereocenters. The van der Waals surface area contributed by atoms with Crippen LogP contribution >= 0.6 is 0 Å². The molecule has 5 rings (SSSR count). The SMILES string of the molecule is CC(F)CN1CC(C2c3ccccc3CCc3ccccc32)n2ncc(=O)c(O)c2C1=O. The van der Waals surface area contributed by atoms with E-state index >= 15 is 0 Å². The number of fused-ring (bicyclic) bond motifs is 3. The average Bonchev–Trinajstić information content (AvgIpc) is 2.94. The summed E-state index contributed by atoms with van der Waals surface area (Å²) < 4.78 is 15.5. The predicted molar refractivity (Wildman–Crippen MR) is 118 cm³/mol. The molecule has 3 aromatic rings. The zero-order valence-corrected chi connectivity index (χ0v) is 17.7. The van der Waals surface area contributed by atoms with Crippen molar-refractivity contribution in [1.82, 2.24) is 14.7 Å². The summed E-state index contributed by atoms with van der Waals surface area (Å²) in [5.74, 6) is -1.39. The lowest BCUT2D eigenvalue weighted by Crippen LogP contribution is -2.48. The fourth-order valence-electron chi connectivity index (χ4n) is 5.13. The molecule has 1 aromatic heterocycles. The number of hydrogen-bond donors (Lipinski definition) is 1. The zero-order chi connectivity index (χ0) is 22.4. The summed E-state index contributed by atoms with van der Waals surface area (Å²) in [6.45, 7) is 1.50. The molecule has 7 heteroatoms. The molecule has 0 saturated heterocycles. The van der Waals surface area contributed by atoms with Gasteiger partial charge in [-0.2, -0.15) is 5.10 Å². The van der Waals surface area contributed by atoms with Crippen molar-refractivity contribution in [3.05, 3.63) is 92.9 Å². The molecule has 6 nitrogen and oxygen atoms in total. The Labute approximate surface area is 184 Å². The highest BCUT2D eigenvalue weighted by molar-refractivity contribution is 5.95. The summed E-state index contributed by atoms with van der Waals surface area (Å²) in [6, 6.07) is 16.0. The average molecular weight is 433 g/mol. The molecule has 1 amide bonds. The molecule has 2 aliphatic rings. The summed E-state index contributed by atoms with van der Waals surface area (Å²) in [7, 11) is 0. The number of carbonyl (C=O) groups is 1. The molecule has 0 radical (unpaired) electrons. The van der Waals surface area contributed by atoms with Crippen LogP contribution in [-0.4, -0.2) is 45.0 Å². The third-order valence-electron chi connectivity index (χ3n) is 6.50. The van der Waals surface area contributed by atoms with Crippen molar-refractivity contribution in [2.45, 2.75) is 37.9 Å². The van der Waals surface area contributed by atoms with Crippen LogP contribution in [0.5, 0.6) is 5.75 Å². The van der Waals surface area contributed by atoms with Crippen LogP contribution in [0.1, 0.15) is 51.6 Å². The minimum atomic E-state index is -1.25. The van der Waals surface area contributed by atoms with Crippen LogP contribution in [0, 0.1) is 0 Å². The Morgan fingerprint density at radius 2 is 1.66 bits per heavy atom. The second kappa shape index (κ2) is 7.89. The maximum atomic E-state index is 14.0. The predicted octanol–water partition coefficient (Wildman–Crippen LogP) is 3.23.